The van der Waals surface area contributed by atoms with E-state index in [9.17, 15) is 4.79 Å². The van der Waals surface area contributed by atoms with E-state index in [2.05, 4.69) is 13.0 Å². The molecule has 2 aliphatic rings. The Balaban J connectivity index is 1.77. The van der Waals surface area contributed by atoms with Gasteiger partial charge in [0.2, 0.25) is 0 Å². The minimum absolute atomic E-state index is 0.136. The van der Waals surface area contributed by atoms with Gasteiger partial charge in [-0.05, 0) is 50.7 Å². The van der Waals surface area contributed by atoms with Crippen molar-refractivity contribution in [2.75, 3.05) is 13.1 Å². The molecule has 3 rings (SSSR count). The van der Waals surface area contributed by atoms with E-state index in [0.717, 1.165) is 23.6 Å². The number of fused-ring (bicyclic) bond motifs is 1. The molecule has 20 heavy (non-hydrogen) atoms. The summed E-state index contributed by atoms with van der Waals surface area (Å²) in [6.45, 7) is 7.80. The van der Waals surface area contributed by atoms with Crippen molar-refractivity contribution in [3.05, 3.63) is 21.4 Å². The van der Waals surface area contributed by atoms with Crippen LogP contribution in [0.15, 0.2) is 6.07 Å². The molecule has 1 aliphatic heterocycles. The van der Waals surface area contributed by atoms with E-state index in [1.165, 1.54) is 16.9 Å². The lowest BCUT2D eigenvalue weighted by atomic mass is 9.90. The molecule has 0 aromatic carbocycles. The molecule has 3 atom stereocenters. The van der Waals surface area contributed by atoms with Gasteiger partial charge in [-0.25, -0.2) is 0 Å². The van der Waals surface area contributed by atoms with Crippen molar-refractivity contribution in [2.24, 2.45) is 5.92 Å². The molecule has 1 fully saturated rings. The molecule has 1 aromatic rings. The number of nitrogens with zero attached hydrogens (tertiary/aromatic N) is 1. The number of morpholine rings is 1. The second-order valence-corrected chi connectivity index (χ2v) is 7.51. The summed E-state index contributed by atoms with van der Waals surface area (Å²) in [7, 11) is 0. The zero-order valence-electron chi connectivity index (χ0n) is 12.5. The predicted molar refractivity (Wildman–Crippen MR) is 81.4 cm³/mol. The van der Waals surface area contributed by atoms with E-state index in [0.29, 0.717) is 13.1 Å². The van der Waals surface area contributed by atoms with Crippen LogP contribution in [0.2, 0.25) is 0 Å². The molecular formula is C16H23NO2S. The number of amides is 1. The summed E-state index contributed by atoms with van der Waals surface area (Å²) < 4.78 is 5.71. The van der Waals surface area contributed by atoms with E-state index in [1.54, 1.807) is 11.3 Å². The molecule has 0 bridgehead atoms. The van der Waals surface area contributed by atoms with Gasteiger partial charge in [-0.3, -0.25) is 4.79 Å². The van der Waals surface area contributed by atoms with Crippen LogP contribution in [0.4, 0.5) is 0 Å². The Morgan fingerprint density at radius 2 is 2.00 bits per heavy atom. The van der Waals surface area contributed by atoms with Gasteiger partial charge in [0.1, 0.15) is 0 Å². The van der Waals surface area contributed by atoms with Crippen molar-refractivity contribution in [3.8, 4) is 0 Å². The van der Waals surface area contributed by atoms with Gasteiger partial charge in [0.15, 0.2) is 0 Å². The van der Waals surface area contributed by atoms with Gasteiger partial charge in [0, 0.05) is 18.0 Å². The summed E-state index contributed by atoms with van der Waals surface area (Å²) in [5.74, 6) is 0.947. The highest BCUT2D eigenvalue weighted by atomic mass is 32.1. The third-order valence-electron chi connectivity index (χ3n) is 4.25. The standard InChI is InChI=1S/C16H23NO2S/c1-10-4-5-14-13(6-10)7-15(20-14)16(18)17-8-11(2)19-12(3)9-17/h7,10-12H,4-6,8-9H2,1-3H3/t10-,11+,12+/m0/s1. The average molecular weight is 293 g/mol. The lowest BCUT2D eigenvalue weighted by molar-refractivity contribution is -0.0585. The second kappa shape index (κ2) is 5.49. The Morgan fingerprint density at radius 1 is 1.30 bits per heavy atom. The SMILES string of the molecule is C[C@H]1CCc2sc(C(=O)N3C[C@@H](C)O[C@H](C)C3)cc2C1. The van der Waals surface area contributed by atoms with Crippen LogP contribution < -0.4 is 0 Å². The molecule has 0 radical (unpaired) electrons. The van der Waals surface area contributed by atoms with E-state index in [4.69, 9.17) is 4.74 Å². The number of thiophene rings is 1. The van der Waals surface area contributed by atoms with Gasteiger partial charge in [0.25, 0.3) is 5.91 Å². The molecule has 0 saturated carbocycles. The maximum atomic E-state index is 12.7. The van der Waals surface area contributed by atoms with Crippen LogP contribution in [-0.4, -0.2) is 36.1 Å². The van der Waals surface area contributed by atoms with Gasteiger partial charge in [-0.2, -0.15) is 0 Å². The molecule has 0 N–H and O–H groups in total. The summed E-state index contributed by atoms with van der Waals surface area (Å²) >= 11 is 1.71. The Morgan fingerprint density at radius 3 is 2.70 bits per heavy atom. The minimum atomic E-state index is 0.136. The van der Waals surface area contributed by atoms with Crippen LogP contribution in [0.25, 0.3) is 0 Å². The molecule has 1 aliphatic carbocycles. The predicted octanol–water partition coefficient (Wildman–Crippen LogP) is 3.12. The van der Waals surface area contributed by atoms with Gasteiger partial charge in [0.05, 0.1) is 17.1 Å². The van der Waals surface area contributed by atoms with E-state index in [-0.39, 0.29) is 18.1 Å². The van der Waals surface area contributed by atoms with E-state index >= 15 is 0 Å². The molecule has 0 spiro atoms. The number of hydrogen-bond acceptors (Lipinski definition) is 3. The molecule has 3 nitrogen and oxygen atoms in total. The Hall–Kier alpha value is -0.870. The first-order valence-electron chi connectivity index (χ1n) is 7.59. The largest absolute Gasteiger partial charge is 0.372 e. The van der Waals surface area contributed by atoms with Gasteiger partial charge < -0.3 is 9.64 Å². The van der Waals surface area contributed by atoms with E-state index < -0.39 is 0 Å². The third-order valence-corrected chi connectivity index (χ3v) is 5.47. The van der Waals surface area contributed by atoms with Crippen LogP contribution in [0.1, 0.15) is 47.3 Å². The van der Waals surface area contributed by atoms with Gasteiger partial charge >= 0.3 is 0 Å². The van der Waals surface area contributed by atoms with Crippen LogP contribution >= 0.6 is 11.3 Å². The van der Waals surface area contributed by atoms with Crippen molar-refractivity contribution in [1.29, 1.82) is 0 Å². The van der Waals surface area contributed by atoms with Crippen LogP contribution in [0, 0.1) is 5.92 Å². The topological polar surface area (TPSA) is 29.5 Å². The fraction of sp³-hybridized carbons (Fsp3) is 0.688. The molecule has 110 valence electrons. The lowest BCUT2D eigenvalue weighted by Gasteiger charge is -2.35. The van der Waals surface area contributed by atoms with Crippen molar-refractivity contribution < 1.29 is 9.53 Å². The van der Waals surface area contributed by atoms with Crippen molar-refractivity contribution >= 4 is 17.2 Å². The molecule has 4 heteroatoms. The molecule has 1 saturated heterocycles. The van der Waals surface area contributed by atoms with Crippen LogP contribution in [-0.2, 0) is 17.6 Å². The maximum Gasteiger partial charge on any atom is 0.264 e. The van der Waals surface area contributed by atoms with E-state index in [1.807, 2.05) is 18.7 Å². The summed E-state index contributed by atoms with van der Waals surface area (Å²) in [5, 5.41) is 0. The Labute approximate surface area is 124 Å². The monoisotopic (exact) mass is 293 g/mol. The fourth-order valence-corrected chi connectivity index (χ4v) is 4.49. The first kappa shape index (κ1) is 14.1. The first-order chi connectivity index (χ1) is 9.52. The highest BCUT2D eigenvalue weighted by Crippen LogP contribution is 2.33. The molecule has 1 aromatic heterocycles. The molecule has 2 heterocycles. The number of carbonyl (C=O) groups excluding carboxylic acids is 1. The van der Waals surface area contributed by atoms with Gasteiger partial charge in [-0.15, -0.1) is 11.3 Å². The molecule has 0 unspecified atom stereocenters. The first-order valence-corrected chi connectivity index (χ1v) is 8.41. The van der Waals surface area contributed by atoms with Crippen LogP contribution in [0.5, 0.6) is 0 Å². The van der Waals surface area contributed by atoms with Crippen molar-refractivity contribution in [1.82, 2.24) is 4.90 Å². The Bertz CT molecular complexity index is 501. The zero-order chi connectivity index (χ0) is 14.3. The number of carbonyl (C=O) groups is 1. The average Bonchev–Trinajstić information content (AvgIpc) is 2.79. The molecular weight excluding hydrogens is 270 g/mol. The summed E-state index contributed by atoms with van der Waals surface area (Å²) in [5.41, 5.74) is 1.41. The Kier molecular flexibility index (Phi) is 3.87. The summed E-state index contributed by atoms with van der Waals surface area (Å²) in [6, 6.07) is 2.14. The number of rotatable bonds is 1. The second-order valence-electron chi connectivity index (χ2n) is 6.37. The number of aryl methyl sites for hydroxylation is 1. The zero-order valence-corrected chi connectivity index (χ0v) is 13.3. The fourth-order valence-electron chi connectivity index (χ4n) is 3.31. The normalized spacial score (nSPS) is 30.1. The maximum absolute atomic E-state index is 12.7. The smallest absolute Gasteiger partial charge is 0.264 e. The van der Waals surface area contributed by atoms with Gasteiger partial charge in [-0.1, -0.05) is 6.92 Å². The quantitative estimate of drug-likeness (QED) is 0.796. The minimum Gasteiger partial charge on any atom is -0.372 e. The molecule has 1 amide bonds. The van der Waals surface area contributed by atoms with Crippen molar-refractivity contribution in [2.45, 2.75) is 52.2 Å². The highest BCUT2D eigenvalue weighted by Gasteiger charge is 2.28. The van der Waals surface area contributed by atoms with Crippen LogP contribution in [0.3, 0.4) is 0 Å². The number of ether oxygens (including phenoxy) is 1. The van der Waals surface area contributed by atoms with Crippen molar-refractivity contribution in [3.63, 3.8) is 0 Å². The summed E-state index contributed by atoms with van der Waals surface area (Å²) in [6.07, 6.45) is 3.81. The summed E-state index contributed by atoms with van der Waals surface area (Å²) in [4.78, 5) is 17.0. The third kappa shape index (κ3) is 2.77. The number of hydrogen-bond donors (Lipinski definition) is 0. The highest BCUT2D eigenvalue weighted by molar-refractivity contribution is 7.14. The lowest BCUT2D eigenvalue weighted by Crippen LogP contribution is -2.48.